The molecular formula is C24H17ClN2O4. The van der Waals surface area contributed by atoms with Crippen LogP contribution in [0.4, 0.5) is 10.5 Å². The van der Waals surface area contributed by atoms with Gasteiger partial charge in [-0.3, -0.25) is 14.9 Å². The van der Waals surface area contributed by atoms with Gasteiger partial charge < -0.3 is 4.74 Å². The van der Waals surface area contributed by atoms with Crippen LogP contribution in [0.1, 0.15) is 11.1 Å². The van der Waals surface area contributed by atoms with Gasteiger partial charge in [-0.2, -0.15) is 0 Å². The highest BCUT2D eigenvalue weighted by Crippen LogP contribution is 2.26. The number of benzene rings is 3. The van der Waals surface area contributed by atoms with Crippen molar-refractivity contribution in [1.29, 1.82) is 0 Å². The zero-order valence-corrected chi connectivity index (χ0v) is 17.0. The molecule has 1 aliphatic heterocycles. The predicted molar refractivity (Wildman–Crippen MR) is 118 cm³/mol. The predicted octanol–water partition coefficient (Wildman–Crippen LogP) is 4.59. The lowest BCUT2D eigenvalue weighted by Gasteiger charge is -2.26. The van der Waals surface area contributed by atoms with E-state index in [0.29, 0.717) is 22.0 Å². The number of para-hydroxylation sites is 2. The smallest absolute Gasteiger partial charge is 0.335 e. The Morgan fingerprint density at radius 2 is 1.55 bits per heavy atom. The summed E-state index contributed by atoms with van der Waals surface area (Å²) < 4.78 is 5.90. The molecule has 0 spiro atoms. The van der Waals surface area contributed by atoms with Crippen LogP contribution >= 0.6 is 11.6 Å². The Balaban J connectivity index is 1.64. The lowest BCUT2D eigenvalue weighted by atomic mass is 10.1. The molecule has 0 unspecified atom stereocenters. The Bertz CT molecular complexity index is 1190. The molecule has 3 aromatic rings. The van der Waals surface area contributed by atoms with Gasteiger partial charge in [-0.15, -0.1) is 0 Å². The van der Waals surface area contributed by atoms with Gasteiger partial charge in [0.05, 0.1) is 5.69 Å². The normalized spacial score (nSPS) is 15.2. The monoisotopic (exact) mass is 432 g/mol. The molecule has 4 rings (SSSR count). The highest BCUT2D eigenvalue weighted by atomic mass is 35.5. The summed E-state index contributed by atoms with van der Waals surface area (Å²) in [5.74, 6) is -0.998. The third kappa shape index (κ3) is 4.34. The fraction of sp³-hybridized carbons (Fsp3) is 0.0417. The van der Waals surface area contributed by atoms with Gasteiger partial charge in [-0.1, -0.05) is 66.2 Å². The molecule has 1 aliphatic rings. The Kier molecular flexibility index (Phi) is 5.82. The first-order valence-corrected chi connectivity index (χ1v) is 9.84. The number of carbonyl (C=O) groups excluding carboxylic acids is 3. The van der Waals surface area contributed by atoms with Gasteiger partial charge >= 0.3 is 6.03 Å². The number of hydrogen-bond acceptors (Lipinski definition) is 4. The minimum atomic E-state index is -0.790. The third-order valence-electron chi connectivity index (χ3n) is 4.68. The summed E-state index contributed by atoms with van der Waals surface area (Å²) in [4.78, 5) is 38.6. The van der Waals surface area contributed by atoms with Crippen molar-refractivity contribution < 1.29 is 19.1 Å². The number of amides is 4. The molecular weight excluding hydrogens is 416 g/mol. The van der Waals surface area contributed by atoms with E-state index in [-0.39, 0.29) is 12.2 Å². The number of nitrogens with zero attached hydrogens (tertiary/aromatic N) is 1. The molecule has 3 aromatic carbocycles. The van der Waals surface area contributed by atoms with Crippen LogP contribution in [0.2, 0.25) is 5.02 Å². The average molecular weight is 433 g/mol. The van der Waals surface area contributed by atoms with E-state index in [1.54, 1.807) is 60.7 Å². The standard InChI is InChI=1S/C24H17ClN2O4/c25-20-12-6-4-9-17(20)15-31-21-13-7-5-8-16(21)14-19-22(28)26-24(30)27(23(19)29)18-10-2-1-3-11-18/h1-14H,15H2,(H,26,28,30)/b19-14-. The minimum absolute atomic E-state index is 0.169. The van der Waals surface area contributed by atoms with Crippen LogP contribution in [0.5, 0.6) is 5.75 Å². The van der Waals surface area contributed by atoms with Gasteiger partial charge in [0.25, 0.3) is 11.8 Å². The van der Waals surface area contributed by atoms with Gasteiger partial charge in [-0.25, -0.2) is 9.69 Å². The van der Waals surface area contributed by atoms with Crippen LogP contribution in [0.25, 0.3) is 6.08 Å². The molecule has 0 atom stereocenters. The third-order valence-corrected chi connectivity index (χ3v) is 5.04. The van der Waals surface area contributed by atoms with Crippen molar-refractivity contribution in [2.45, 2.75) is 6.61 Å². The lowest BCUT2D eigenvalue weighted by Crippen LogP contribution is -2.54. The van der Waals surface area contributed by atoms with Crippen LogP contribution in [-0.4, -0.2) is 17.8 Å². The van der Waals surface area contributed by atoms with E-state index in [2.05, 4.69) is 5.32 Å². The zero-order valence-electron chi connectivity index (χ0n) is 16.2. The summed E-state index contributed by atoms with van der Waals surface area (Å²) in [6.45, 7) is 0.217. The molecule has 31 heavy (non-hydrogen) atoms. The van der Waals surface area contributed by atoms with Gasteiger partial charge in [-0.05, 0) is 30.3 Å². The average Bonchev–Trinajstić information content (AvgIpc) is 2.77. The summed E-state index contributed by atoms with van der Waals surface area (Å²) in [5, 5.41) is 2.79. The lowest BCUT2D eigenvalue weighted by molar-refractivity contribution is -0.122. The van der Waals surface area contributed by atoms with Crippen molar-refractivity contribution in [2.75, 3.05) is 4.90 Å². The number of anilines is 1. The maximum atomic E-state index is 13.0. The highest BCUT2D eigenvalue weighted by Gasteiger charge is 2.36. The molecule has 7 heteroatoms. The molecule has 6 nitrogen and oxygen atoms in total. The largest absolute Gasteiger partial charge is 0.488 e. The van der Waals surface area contributed by atoms with E-state index in [1.165, 1.54) is 6.08 Å². The van der Waals surface area contributed by atoms with Crippen molar-refractivity contribution in [1.82, 2.24) is 5.32 Å². The molecule has 0 aromatic heterocycles. The second-order valence-electron chi connectivity index (χ2n) is 6.71. The highest BCUT2D eigenvalue weighted by molar-refractivity contribution is 6.39. The first kappa shape index (κ1) is 20.4. The summed E-state index contributed by atoms with van der Waals surface area (Å²) >= 11 is 6.19. The van der Waals surface area contributed by atoms with Gasteiger partial charge in [0, 0.05) is 16.1 Å². The SMILES string of the molecule is O=C1NC(=O)N(c2ccccc2)C(=O)/C1=C\c1ccccc1OCc1ccccc1Cl. The molecule has 1 N–H and O–H groups in total. The topological polar surface area (TPSA) is 75.7 Å². The molecule has 1 saturated heterocycles. The number of halogens is 1. The van der Waals surface area contributed by atoms with Gasteiger partial charge in [0.2, 0.25) is 0 Å². The van der Waals surface area contributed by atoms with Crippen LogP contribution in [-0.2, 0) is 16.2 Å². The van der Waals surface area contributed by atoms with Gasteiger partial charge in [0.15, 0.2) is 0 Å². The van der Waals surface area contributed by atoms with Crippen LogP contribution in [0.15, 0.2) is 84.4 Å². The number of ether oxygens (including phenoxy) is 1. The summed E-state index contributed by atoms with van der Waals surface area (Å²) in [6.07, 6.45) is 1.42. The number of imide groups is 2. The molecule has 0 aliphatic carbocycles. The van der Waals surface area contributed by atoms with Crippen molar-refractivity contribution in [3.05, 3.63) is 101 Å². The number of rotatable bonds is 5. The number of barbiturate groups is 1. The van der Waals surface area contributed by atoms with E-state index >= 15 is 0 Å². The second kappa shape index (κ2) is 8.85. The van der Waals surface area contributed by atoms with Crippen molar-refractivity contribution in [3.8, 4) is 5.75 Å². The quantitative estimate of drug-likeness (QED) is 0.472. The molecule has 1 heterocycles. The molecule has 4 amide bonds. The first-order chi connectivity index (χ1) is 15.0. The Morgan fingerprint density at radius 1 is 0.871 bits per heavy atom. The minimum Gasteiger partial charge on any atom is -0.488 e. The fourth-order valence-electron chi connectivity index (χ4n) is 3.13. The summed E-state index contributed by atoms with van der Waals surface area (Å²) in [5.41, 5.74) is 1.53. The number of nitrogens with one attached hydrogen (secondary N) is 1. The number of carbonyl (C=O) groups is 3. The van der Waals surface area contributed by atoms with Crippen LogP contribution in [0, 0.1) is 0 Å². The second-order valence-corrected chi connectivity index (χ2v) is 7.12. The van der Waals surface area contributed by atoms with E-state index in [4.69, 9.17) is 16.3 Å². The van der Waals surface area contributed by atoms with Gasteiger partial charge in [0.1, 0.15) is 17.9 Å². The Morgan fingerprint density at radius 3 is 2.32 bits per heavy atom. The summed E-state index contributed by atoms with van der Waals surface area (Å²) in [6, 6.07) is 21.9. The molecule has 0 radical (unpaired) electrons. The molecule has 0 bridgehead atoms. The van der Waals surface area contributed by atoms with Crippen molar-refractivity contribution in [3.63, 3.8) is 0 Å². The Hall–Kier alpha value is -3.90. The van der Waals surface area contributed by atoms with Crippen molar-refractivity contribution in [2.24, 2.45) is 0 Å². The van der Waals surface area contributed by atoms with Crippen molar-refractivity contribution >= 4 is 41.2 Å². The van der Waals surface area contributed by atoms with Crippen LogP contribution < -0.4 is 15.0 Å². The van der Waals surface area contributed by atoms with Crippen LogP contribution in [0.3, 0.4) is 0 Å². The van der Waals surface area contributed by atoms with E-state index < -0.39 is 17.8 Å². The number of hydrogen-bond donors (Lipinski definition) is 1. The van der Waals surface area contributed by atoms with E-state index in [1.807, 2.05) is 18.2 Å². The zero-order chi connectivity index (χ0) is 21.8. The fourth-order valence-corrected chi connectivity index (χ4v) is 3.32. The summed E-state index contributed by atoms with van der Waals surface area (Å²) in [7, 11) is 0. The molecule has 1 fully saturated rings. The number of urea groups is 1. The first-order valence-electron chi connectivity index (χ1n) is 9.46. The van der Waals surface area contributed by atoms with E-state index in [0.717, 1.165) is 10.5 Å². The molecule has 154 valence electrons. The van der Waals surface area contributed by atoms with E-state index in [9.17, 15) is 14.4 Å². The maximum Gasteiger partial charge on any atom is 0.335 e. The molecule has 0 saturated carbocycles. The maximum absolute atomic E-state index is 13.0. The Labute approximate surface area is 183 Å².